The summed E-state index contributed by atoms with van der Waals surface area (Å²) in [6.45, 7) is 0. The van der Waals surface area contributed by atoms with Gasteiger partial charge in [-0.05, 0) is 55.7 Å². The Morgan fingerprint density at radius 1 is 1.18 bits per heavy atom. The van der Waals surface area contributed by atoms with Crippen LogP contribution in [0.15, 0.2) is 30.5 Å². The van der Waals surface area contributed by atoms with Gasteiger partial charge in [-0.15, -0.1) is 10.2 Å². The molecule has 0 spiro atoms. The van der Waals surface area contributed by atoms with Gasteiger partial charge in [-0.25, -0.2) is 4.39 Å². The van der Waals surface area contributed by atoms with Gasteiger partial charge in [0.2, 0.25) is 0 Å². The lowest BCUT2D eigenvalue weighted by Crippen LogP contribution is -2.46. The maximum absolute atomic E-state index is 14.9. The Hall–Kier alpha value is -2.70. The molecule has 6 nitrogen and oxygen atoms in total. The maximum Gasteiger partial charge on any atom is 0.151 e. The van der Waals surface area contributed by atoms with Crippen molar-refractivity contribution in [3.63, 3.8) is 0 Å². The standard InChI is InChI=1S/C21H24FN5O/c1-26(18-8-12-3-4-13(7-12)21(18)22)20-6-5-16(24-25-20)15-9-14-11-23-27(2)17(14)10-19(15)28/h5-6,9-13,18,21,28H,3-4,7-8H2,1-2H3/t12-,13+,18+,21-/m1/s1. The van der Waals surface area contributed by atoms with Crippen molar-refractivity contribution in [2.24, 2.45) is 18.9 Å². The lowest BCUT2D eigenvalue weighted by molar-refractivity contribution is 0.144. The molecule has 146 valence electrons. The first kappa shape index (κ1) is 17.4. The minimum atomic E-state index is -0.803. The van der Waals surface area contributed by atoms with Gasteiger partial charge in [0.1, 0.15) is 11.9 Å². The van der Waals surface area contributed by atoms with E-state index in [1.807, 2.05) is 37.2 Å². The predicted octanol–water partition coefficient (Wildman–Crippen LogP) is 3.70. The van der Waals surface area contributed by atoms with Crippen molar-refractivity contribution in [3.8, 4) is 17.0 Å². The van der Waals surface area contributed by atoms with E-state index in [2.05, 4.69) is 15.3 Å². The third-order valence-corrected chi connectivity index (χ3v) is 6.62. The fourth-order valence-electron chi connectivity index (χ4n) is 5.00. The zero-order valence-electron chi connectivity index (χ0n) is 16.1. The molecule has 5 rings (SSSR count). The van der Waals surface area contributed by atoms with Crippen LogP contribution in [0.4, 0.5) is 10.2 Å². The van der Waals surface area contributed by atoms with E-state index in [1.165, 1.54) is 0 Å². The van der Waals surface area contributed by atoms with Crippen molar-refractivity contribution < 1.29 is 9.50 Å². The first-order valence-electron chi connectivity index (χ1n) is 9.87. The number of halogens is 1. The summed E-state index contributed by atoms with van der Waals surface area (Å²) >= 11 is 0. The number of benzene rings is 1. The second kappa shape index (κ2) is 6.43. The number of hydrogen-bond acceptors (Lipinski definition) is 5. The normalized spacial score (nSPS) is 26.7. The van der Waals surface area contributed by atoms with Crippen LogP contribution in [0.1, 0.15) is 25.7 Å². The molecule has 0 saturated heterocycles. The Kier molecular flexibility index (Phi) is 4.00. The van der Waals surface area contributed by atoms with Gasteiger partial charge < -0.3 is 10.0 Å². The second-order valence-corrected chi connectivity index (χ2v) is 8.27. The fourth-order valence-corrected chi connectivity index (χ4v) is 5.00. The number of fused-ring (bicyclic) bond motifs is 3. The van der Waals surface area contributed by atoms with Crippen LogP contribution in [-0.4, -0.2) is 44.3 Å². The Balaban J connectivity index is 1.42. The third-order valence-electron chi connectivity index (χ3n) is 6.62. The zero-order valence-corrected chi connectivity index (χ0v) is 16.1. The lowest BCUT2D eigenvalue weighted by Gasteiger charge is -2.38. The number of phenolic OH excluding ortho intramolecular Hbond substituents is 1. The molecule has 0 amide bonds. The molecule has 2 bridgehead atoms. The van der Waals surface area contributed by atoms with E-state index in [0.717, 1.165) is 36.6 Å². The minimum Gasteiger partial charge on any atom is -0.507 e. The molecule has 2 aromatic heterocycles. The molecule has 2 aliphatic rings. The molecule has 2 aliphatic carbocycles. The van der Waals surface area contributed by atoms with Crippen LogP contribution in [0, 0.1) is 11.8 Å². The molecule has 7 heteroatoms. The Bertz CT molecular complexity index is 1020. The highest BCUT2D eigenvalue weighted by Crippen LogP contribution is 2.45. The van der Waals surface area contributed by atoms with Gasteiger partial charge >= 0.3 is 0 Å². The van der Waals surface area contributed by atoms with Gasteiger partial charge in [-0.2, -0.15) is 5.10 Å². The fraction of sp³-hybridized carbons (Fsp3) is 0.476. The van der Waals surface area contributed by atoms with Gasteiger partial charge in [0.15, 0.2) is 5.82 Å². The molecule has 0 radical (unpaired) electrons. The summed E-state index contributed by atoms with van der Waals surface area (Å²) in [5, 5.41) is 24.2. The monoisotopic (exact) mass is 381 g/mol. The number of nitrogens with zero attached hydrogens (tertiary/aromatic N) is 5. The van der Waals surface area contributed by atoms with Crippen LogP contribution in [0.2, 0.25) is 0 Å². The van der Waals surface area contributed by atoms with Crippen molar-refractivity contribution in [2.45, 2.75) is 37.9 Å². The van der Waals surface area contributed by atoms with Crippen LogP contribution in [0.25, 0.3) is 22.2 Å². The Morgan fingerprint density at radius 2 is 2.04 bits per heavy atom. The highest BCUT2D eigenvalue weighted by atomic mass is 19.1. The number of phenols is 1. The van der Waals surface area contributed by atoms with Crippen LogP contribution >= 0.6 is 0 Å². The molecule has 4 atom stereocenters. The van der Waals surface area contributed by atoms with E-state index in [-0.39, 0.29) is 17.7 Å². The van der Waals surface area contributed by atoms with Gasteiger partial charge in [0.25, 0.3) is 0 Å². The van der Waals surface area contributed by atoms with Crippen LogP contribution in [0.3, 0.4) is 0 Å². The van der Waals surface area contributed by atoms with E-state index in [4.69, 9.17) is 0 Å². The summed E-state index contributed by atoms with van der Waals surface area (Å²) in [6, 6.07) is 7.11. The number of aromatic nitrogens is 4. The molecule has 2 saturated carbocycles. The first-order chi connectivity index (χ1) is 13.5. The predicted molar refractivity (Wildman–Crippen MR) is 106 cm³/mol. The van der Waals surface area contributed by atoms with E-state index in [0.29, 0.717) is 23.0 Å². The third kappa shape index (κ3) is 2.72. The van der Waals surface area contributed by atoms with Crippen molar-refractivity contribution in [2.75, 3.05) is 11.9 Å². The van der Waals surface area contributed by atoms with Crippen LogP contribution in [0.5, 0.6) is 5.75 Å². The molecule has 0 unspecified atom stereocenters. The smallest absolute Gasteiger partial charge is 0.151 e. The molecule has 28 heavy (non-hydrogen) atoms. The molecule has 1 N–H and O–H groups in total. The highest BCUT2D eigenvalue weighted by Gasteiger charge is 2.44. The summed E-state index contributed by atoms with van der Waals surface area (Å²) in [5.74, 6) is 1.64. The summed E-state index contributed by atoms with van der Waals surface area (Å²) in [5.41, 5.74) is 2.05. The number of anilines is 1. The summed E-state index contributed by atoms with van der Waals surface area (Å²) in [4.78, 5) is 1.94. The number of rotatable bonds is 3. The van der Waals surface area contributed by atoms with E-state index >= 15 is 0 Å². The topological polar surface area (TPSA) is 67.1 Å². The molecular weight excluding hydrogens is 357 g/mol. The summed E-state index contributed by atoms with van der Waals surface area (Å²) in [6.07, 6.45) is 5.03. The van der Waals surface area contributed by atoms with E-state index in [9.17, 15) is 9.50 Å². The van der Waals surface area contributed by atoms with Crippen LogP contribution in [-0.2, 0) is 7.05 Å². The number of alkyl halides is 1. The second-order valence-electron chi connectivity index (χ2n) is 8.27. The van der Waals surface area contributed by atoms with E-state index < -0.39 is 6.17 Å². The van der Waals surface area contributed by atoms with Gasteiger partial charge in [0, 0.05) is 31.1 Å². The minimum absolute atomic E-state index is 0.133. The largest absolute Gasteiger partial charge is 0.507 e. The molecule has 1 aromatic carbocycles. The molecule has 3 aromatic rings. The Morgan fingerprint density at radius 3 is 2.82 bits per heavy atom. The number of hydrogen-bond donors (Lipinski definition) is 1. The van der Waals surface area contributed by atoms with Crippen molar-refractivity contribution in [1.29, 1.82) is 0 Å². The van der Waals surface area contributed by atoms with Crippen LogP contribution < -0.4 is 4.90 Å². The molecule has 2 fully saturated rings. The van der Waals surface area contributed by atoms with Gasteiger partial charge in [-0.3, -0.25) is 4.68 Å². The van der Waals surface area contributed by atoms with Crippen molar-refractivity contribution in [3.05, 3.63) is 30.5 Å². The van der Waals surface area contributed by atoms with Crippen molar-refractivity contribution in [1.82, 2.24) is 20.0 Å². The molecule has 2 heterocycles. The van der Waals surface area contributed by atoms with E-state index in [1.54, 1.807) is 16.9 Å². The number of aryl methyl sites for hydroxylation is 1. The summed E-state index contributed by atoms with van der Waals surface area (Å²) < 4.78 is 16.6. The quantitative estimate of drug-likeness (QED) is 0.749. The lowest BCUT2D eigenvalue weighted by atomic mass is 9.83. The molecular formula is C21H24FN5O. The number of aromatic hydroxyl groups is 1. The first-order valence-corrected chi connectivity index (χ1v) is 9.87. The van der Waals surface area contributed by atoms with Gasteiger partial charge in [-0.1, -0.05) is 0 Å². The maximum atomic E-state index is 14.9. The Labute approximate surface area is 163 Å². The van der Waals surface area contributed by atoms with Crippen molar-refractivity contribution >= 4 is 16.7 Å². The SMILES string of the molecule is CN(c1ccc(-c2cc3cnn(C)c3cc2O)nn1)[C@H]1C[C@@H]2CC[C@@H](C2)[C@H]1F. The highest BCUT2D eigenvalue weighted by molar-refractivity contribution is 5.87. The zero-order chi connectivity index (χ0) is 19.4. The average molecular weight is 381 g/mol. The summed E-state index contributed by atoms with van der Waals surface area (Å²) in [7, 11) is 3.74. The van der Waals surface area contributed by atoms with Gasteiger partial charge in [0.05, 0.1) is 23.4 Å². The molecule has 0 aliphatic heterocycles. The average Bonchev–Trinajstić information content (AvgIpc) is 3.28.